The third-order valence-electron chi connectivity index (χ3n) is 5.33. The normalized spacial score (nSPS) is 15.8. The molecular weight excluding hydrogens is 317 g/mol. The van der Waals surface area contributed by atoms with Gasteiger partial charge in [-0.1, -0.05) is 30.7 Å². The van der Waals surface area contributed by atoms with Crippen molar-refractivity contribution in [1.82, 2.24) is 14.9 Å². The molecule has 4 nitrogen and oxygen atoms in total. The summed E-state index contributed by atoms with van der Waals surface area (Å²) in [5, 5.41) is 3.04. The molecular formula is C20H20FN3O. The fourth-order valence-electron chi connectivity index (χ4n) is 3.63. The Morgan fingerprint density at radius 3 is 2.56 bits per heavy atom. The molecule has 0 unspecified atom stereocenters. The van der Waals surface area contributed by atoms with Gasteiger partial charge in [0.15, 0.2) is 0 Å². The van der Waals surface area contributed by atoms with Crippen molar-refractivity contribution < 1.29 is 9.18 Å². The fraction of sp³-hybridized carbons (Fsp3) is 0.300. The lowest BCUT2D eigenvalue weighted by atomic mass is 9.64. The highest BCUT2D eigenvalue weighted by molar-refractivity contribution is 5.89. The number of carbonyl (C=O) groups excluding carboxylic acids is 1. The number of rotatable bonds is 4. The molecule has 1 aliphatic rings. The molecule has 0 aliphatic heterocycles. The van der Waals surface area contributed by atoms with Crippen LogP contribution in [-0.4, -0.2) is 15.5 Å². The number of aromatic nitrogens is 2. The van der Waals surface area contributed by atoms with Crippen LogP contribution in [0.25, 0.3) is 11.0 Å². The highest BCUT2D eigenvalue weighted by atomic mass is 19.1. The zero-order chi connectivity index (χ0) is 17.4. The van der Waals surface area contributed by atoms with Crippen LogP contribution in [0, 0.1) is 5.82 Å². The van der Waals surface area contributed by atoms with Gasteiger partial charge in [-0.15, -0.1) is 0 Å². The Morgan fingerprint density at radius 2 is 1.92 bits per heavy atom. The van der Waals surface area contributed by atoms with Gasteiger partial charge < -0.3 is 9.88 Å². The van der Waals surface area contributed by atoms with E-state index in [2.05, 4.69) is 10.3 Å². The van der Waals surface area contributed by atoms with Crippen molar-refractivity contribution in [2.24, 2.45) is 7.05 Å². The van der Waals surface area contributed by atoms with E-state index in [1.807, 2.05) is 35.9 Å². The summed E-state index contributed by atoms with van der Waals surface area (Å²) in [6.07, 6.45) is 2.61. The molecule has 1 aliphatic carbocycles. The number of carbonyl (C=O) groups is 1. The average molecular weight is 337 g/mol. The van der Waals surface area contributed by atoms with E-state index in [4.69, 9.17) is 0 Å². The average Bonchev–Trinajstić information content (AvgIpc) is 2.90. The minimum Gasteiger partial charge on any atom is -0.348 e. The molecule has 1 N–H and O–H groups in total. The van der Waals surface area contributed by atoms with Gasteiger partial charge in [0.25, 0.3) is 0 Å². The number of imidazole rings is 1. The topological polar surface area (TPSA) is 46.9 Å². The first-order chi connectivity index (χ1) is 12.1. The van der Waals surface area contributed by atoms with Crippen LogP contribution in [0.4, 0.5) is 4.39 Å². The Balaban J connectivity index is 1.54. The summed E-state index contributed by atoms with van der Waals surface area (Å²) in [6.45, 7) is 0.382. The Morgan fingerprint density at radius 1 is 1.20 bits per heavy atom. The molecule has 5 heteroatoms. The molecule has 3 aromatic rings. The highest BCUT2D eigenvalue weighted by Gasteiger charge is 2.45. The largest absolute Gasteiger partial charge is 0.348 e. The van der Waals surface area contributed by atoms with Crippen LogP contribution in [0.5, 0.6) is 0 Å². The van der Waals surface area contributed by atoms with Gasteiger partial charge in [-0.05, 0) is 42.7 Å². The van der Waals surface area contributed by atoms with Gasteiger partial charge >= 0.3 is 0 Å². The predicted molar refractivity (Wildman–Crippen MR) is 94.5 cm³/mol. The number of fused-ring (bicyclic) bond motifs is 1. The Hall–Kier alpha value is -2.69. The lowest BCUT2D eigenvalue weighted by molar-refractivity contribution is -0.130. The van der Waals surface area contributed by atoms with E-state index >= 15 is 0 Å². The Kier molecular flexibility index (Phi) is 3.79. The molecule has 1 aromatic heterocycles. The molecule has 0 saturated heterocycles. The van der Waals surface area contributed by atoms with E-state index in [0.717, 1.165) is 41.7 Å². The van der Waals surface area contributed by atoms with Crippen LogP contribution < -0.4 is 5.32 Å². The number of nitrogens with zero attached hydrogens (tertiary/aromatic N) is 2. The van der Waals surface area contributed by atoms with Gasteiger partial charge in [0, 0.05) is 7.05 Å². The number of para-hydroxylation sites is 2. The third kappa shape index (κ3) is 2.60. The second-order valence-corrected chi connectivity index (χ2v) is 6.70. The van der Waals surface area contributed by atoms with E-state index < -0.39 is 5.41 Å². The predicted octanol–water partition coefficient (Wildman–Crippen LogP) is 3.45. The van der Waals surface area contributed by atoms with Crippen molar-refractivity contribution in [2.75, 3.05) is 0 Å². The van der Waals surface area contributed by atoms with Crippen LogP contribution in [0.15, 0.2) is 48.5 Å². The molecule has 1 heterocycles. The van der Waals surface area contributed by atoms with Crippen LogP contribution in [-0.2, 0) is 23.8 Å². The number of hydrogen-bond donors (Lipinski definition) is 1. The first kappa shape index (κ1) is 15.8. The third-order valence-corrected chi connectivity index (χ3v) is 5.33. The van der Waals surface area contributed by atoms with Crippen LogP contribution in [0.3, 0.4) is 0 Å². The SMILES string of the molecule is Cn1c(CNC(=O)C2(c3ccc(F)cc3)CCC2)nc2ccccc21. The smallest absolute Gasteiger partial charge is 0.231 e. The second-order valence-electron chi connectivity index (χ2n) is 6.70. The van der Waals surface area contributed by atoms with Crippen LogP contribution in [0.2, 0.25) is 0 Å². The van der Waals surface area contributed by atoms with Gasteiger partial charge in [0.1, 0.15) is 11.6 Å². The van der Waals surface area contributed by atoms with Gasteiger partial charge in [-0.2, -0.15) is 0 Å². The lowest BCUT2D eigenvalue weighted by Gasteiger charge is -2.40. The summed E-state index contributed by atoms with van der Waals surface area (Å²) in [4.78, 5) is 17.5. The molecule has 1 fully saturated rings. The van der Waals surface area contributed by atoms with E-state index in [1.54, 1.807) is 12.1 Å². The Labute approximate surface area is 145 Å². The summed E-state index contributed by atoms with van der Waals surface area (Å²) in [5.74, 6) is 0.541. The number of hydrogen-bond acceptors (Lipinski definition) is 2. The summed E-state index contributed by atoms with van der Waals surface area (Å²) in [5.41, 5.74) is 2.33. The standard InChI is InChI=1S/C20H20FN3O/c1-24-17-6-3-2-5-16(17)23-18(24)13-22-19(25)20(11-4-12-20)14-7-9-15(21)10-8-14/h2-3,5-10H,4,11-13H2,1H3,(H,22,25). The van der Waals surface area contributed by atoms with E-state index in [0.29, 0.717) is 6.54 Å². The zero-order valence-electron chi connectivity index (χ0n) is 14.1. The maximum atomic E-state index is 13.2. The first-order valence-electron chi connectivity index (χ1n) is 8.55. The van der Waals surface area contributed by atoms with Gasteiger partial charge in [-0.3, -0.25) is 4.79 Å². The van der Waals surface area contributed by atoms with Gasteiger partial charge in [0.05, 0.1) is 23.0 Å². The quantitative estimate of drug-likeness (QED) is 0.793. The van der Waals surface area contributed by atoms with Crippen molar-refractivity contribution in [2.45, 2.75) is 31.2 Å². The molecule has 0 atom stereocenters. The summed E-state index contributed by atoms with van der Waals surface area (Å²) in [7, 11) is 1.95. The number of nitrogens with one attached hydrogen (secondary N) is 1. The highest BCUT2D eigenvalue weighted by Crippen LogP contribution is 2.44. The molecule has 0 spiro atoms. The fourth-order valence-corrected chi connectivity index (χ4v) is 3.63. The maximum Gasteiger partial charge on any atom is 0.231 e. The van der Waals surface area contributed by atoms with E-state index in [-0.39, 0.29) is 11.7 Å². The lowest BCUT2D eigenvalue weighted by Crippen LogP contribution is -2.49. The minimum atomic E-state index is -0.529. The monoisotopic (exact) mass is 337 g/mol. The number of aryl methyl sites for hydroxylation is 1. The molecule has 1 amide bonds. The molecule has 25 heavy (non-hydrogen) atoms. The van der Waals surface area contributed by atoms with Crippen molar-refractivity contribution in [3.05, 3.63) is 65.7 Å². The summed E-state index contributed by atoms with van der Waals surface area (Å²) in [6, 6.07) is 14.2. The van der Waals surface area contributed by atoms with Gasteiger partial charge in [-0.25, -0.2) is 9.37 Å². The van der Waals surface area contributed by atoms with E-state index in [1.165, 1.54) is 12.1 Å². The molecule has 0 bridgehead atoms. The van der Waals surface area contributed by atoms with Crippen molar-refractivity contribution in [3.63, 3.8) is 0 Å². The maximum absolute atomic E-state index is 13.2. The molecule has 2 aromatic carbocycles. The van der Waals surface area contributed by atoms with Crippen molar-refractivity contribution in [3.8, 4) is 0 Å². The number of benzene rings is 2. The van der Waals surface area contributed by atoms with Crippen molar-refractivity contribution >= 4 is 16.9 Å². The van der Waals surface area contributed by atoms with Crippen LogP contribution in [0.1, 0.15) is 30.7 Å². The summed E-state index contributed by atoms with van der Waals surface area (Å²) >= 11 is 0. The molecule has 4 rings (SSSR count). The zero-order valence-corrected chi connectivity index (χ0v) is 14.1. The molecule has 128 valence electrons. The Bertz CT molecular complexity index is 926. The molecule has 0 radical (unpaired) electrons. The number of halogens is 1. The van der Waals surface area contributed by atoms with E-state index in [9.17, 15) is 9.18 Å². The van der Waals surface area contributed by atoms with Crippen LogP contribution >= 0.6 is 0 Å². The minimum absolute atomic E-state index is 0.00239. The summed E-state index contributed by atoms with van der Waals surface area (Å²) < 4.78 is 15.2. The van der Waals surface area contributed by atoms with Gasteiger partial charge in [0.2, 0.25) is 5.91 Å². The van der Waals surface area contributed by atoms with Crippen molar-refractivity contribution in [1.29, 1.82) is 0 Å². The number of amides is 1. The second kappa shape index (κ2) is 5.99. The molecule has 1 saturated carbocycles. The first-order valence-corrected chi connectivity index (χ1v) is 8.55.